The number of carbonyl (C=O) groups excluding carboxylic acids is 1. The van der Waals surface area contributed by atoms with Crippen LogP contribution in [0.3, 0.4) is 0 Å². The number of Topliss-reactive ketones (excluding diaryl/α,β-unsaturated/α-hetero) is 1. The maximum absolute atomic E-state index is 12.3. The van der Waals surface area contributed by atoms with E-state index in [1.165, 1.54) is 10.5 Å². The predicted octanol–water partition coefficient (Wildman–Crippen LogP) is 3.48. The average Bonchev–Trinajstić information content (AvgIpc) is 2.84. The minimum atomic E-state index is -1.14. The van der Waals surface area contributed by atoms with E-state index >= 15 is 0 Å². The van der Waals surface area contributed by atoms with Gasteiger partial charge in [-0.2, -0.15) is 0 Å². The lowest BCUT2D eigenvalue weighted by Gasteiger charge is -2.33. The summed E-state index contributed by atoms with van der Waals surface area (Å²) in [5, 5.41) is 9.64. The van der Waals surface area contributed by atoms with Gasteiger partial charge in [0, 0.05) is 17.1 Å². The van der Waals surface area contributed by atoms with Crippen LogP contribution in [0.5, 0.6) is 0 Å². The van der Waals surface area contributed by atoms with Gasteiger partial charge in [0.15, 0.2) is 0 Å². The zero-order valence-electron chi connectivity index (χ0n) is 11.3. The number of hydrogen-bond donors (Lipinski definition) is 1. The number of rotatable bonds is 3. The summed E-state index contributed by atoms with van der Waals surface area (Å²) in [6, 6.07) is 8.15. The Bertz CT molecular complexity index is 554. The molecular formula is C16H18O3S. The van der Waals surface area contributed by atoms with E-state index in [-0.39, 0.29) is 11.7 Å². The van der Waals surface area contributed by atoms with Gasteiger partial charge in [0.05, 0.1) is 0 Å². The van der Waals surface area contributed by atoms with Gasteiger partial charge >= 0.3 is 5.97 Å². The van der Waals surface area contributed by atoms with Gasteiger partial charge in [0.2, 0.25) is 0 Å². The van der Waals surface area contributed by atoms with Crippen LogP contribution in [0.4, 0.5) is 0 Å². The number of aliphatic carboxylic acids is 1. The molecule has 0 aromatic heterocycles. The topological polar surface area (TPSA) is 54.4 Å². The van der Waals surface area contributed by atoms with E-state index in [0.717, 1.165) is 18.6 Å². The number of benzene rings is 1. The highest BCUT2D eigenvalue weighted by Crippen LogP contribution is 2.48. The van der Waals surface area contributed by atoms with Crippen molar-refractivity contribution in [3.8, 4) is 0 Å². The molecule has 1 N–H and O–H groups in total. The molecule has 20 heavy (non-hydrogen) atoms. The normalized spacial score (nSPS) is 29.2. The Kier molecular flexibility index (Phi) is 3.59. The molecule has 2 unspecified atom stereocenters. The molecule has 1 aromatic carbocycles. The first-order valence-electron chi connectivity index (χ1n) is 7.12. The van der Waals surface area contributed by atoms with Crippen LogP contribution in [-0.2, 0) is 9.59 Å². The SMILES string of the molecule is O=C(O)C1(CC2CSc3ccccc32)CCCCC1=O. The molecule has 1 heterocycles. The fourth-order valence-corrected chi connectivity index (χ4v) is 4.69. The first kappa shape index (κ1) is 13.7. The summed E-state index contributed by atoms with van der Waals surface area (Å²) in [5.41, 5.74) is 0.0810. The van der Waals surface area contributed by atoms with E-state index in [1.807, 2.05) is 12.1 Å². The number of carboxylic acids is 1. The van der Waals surface area contributed by atoms with Gasteiger partial charge in [-0.05, 0) is 36.8 Å². The van der Waals surface area contributed by atoms with Crippen molar-refractivity contribution < 1.29 is 14.7 Å². The van der Waals surface area contributed by atoms with Crippen molar-refractivity contribution in [2.45, 2.75) is 42.9 Å². The number of carbonyl (C=O) groups is 2. The van der Waals surface area contributed by atoms with Gasteiger partial charge in [-0.25, -0.2) is 0 Å². The summed E-state index contributed by atoms with van der Waals surface area (Å²) < 4.78 is 0. The molecule has 3 nitrogen and oxygen atoms in total. The molecule has 4 heteroatoms. The van der Waals surface area contributed by atoms with E-state index in [9.17, 15) is 14.7 Å². The molecule has 3 rings (SSSR count). The third-order valence-corrected chi connectivity index (χ3v) is 5.85. The van der Waals surface area contributed by atoms with Crippen LogP contribution in [0.1, 0.15) is 43.6 Å². The molecular weight excluding hydrogens is 272 g/mol. The fraction of sp³-hybridized carbons (Fsp3) is 0.500. The van der Waals surface area contributed by atoms with Crippen LogP contribution in [-0.4, -0.2) is 22.6 Å². The van der Waals surface area contributed by atoms with Crippen LogP contribution in [0.2, 0.25) is 0 Å². The fourth-order valence-electron chi connectivity index (χ4n) is 3.44. The van der Waals surface area contributed by atoms with Crippen LogP contribution in [0.25, 0.3) is 0 Å². The minimum absolute atomic E-state index is 0.0642. The highest BCUT2D eigenvalue weighted by molar-refractivity contribution is 7.99. The van der Waals surface area contributed by atoms with Gasteiger partial charge in [-0.3, -0.25) is 9.59 Å². The molecule has 1 saturated carbocycles. The molecule has 1 aromatic rings. The Labute approximate surface area is 122 Å². The lowest BCUT2D eigenvalue weighted by Crippen LogP contribution is -2.42. The Balaban J connectivity index is 1.89. The van der Waals surface area contributed by atoms with Gasteiger partial charge in [0.25, 0.3) is 0 Å². The maximum Gasteiger partial charge on any atom is 0.317 e. The van der Waals surface area contributed by atoms with Crippen molar-refractivity contribution in [1.29, 1.82) is 0 Å². The van der Waals surface area contributed by atoms with Crippen molar-refractivity contribution >= 4 is 23.5 Å². The molecule has 2 aliphatic rings. The largest absolute Gasteiger partial charge is 0.480 e. The third-order valence-electron chi connectivity index (χ3n) is 4.59. The van der Waals surface area contributed by atoms with Crippen molar-refractivity contribution in [3.63, 3.8) is 0 Å². The van der Waals surface area contributed by atoms with Gasteiger partial charge in [0.1, 0.15) is 11.2 Å². The minimum Gasteiger partial charge on any atom is -0.480 e. The Morgan fingerprint density at radius 1 is 1.35 bits per heavy atom. The molecule has 106 valence electrons. The van der Waals surface area contributed by atoms with E-state index in [4.69, 9.17) is 0 Å². The number of ketones is 1. The standard InChI is InChI=1S/C16H18O3S/c17-14-7-3-4-8-16(14,15(18)19)9-11-10-20-13-6-2-1-5-12(11)13/h1-2,5-6,11H,3-4,7-10H2,(H,18,19). The van der Waals surface area contributed by atoms with Gasteiger partial charge in [-0.15, -0.1) is 11.8 Å². The van der Waals surface area contributed by atoms with Crippen molar-refractivity contribution in [2.75, 3.05) is 5.75 Å². The maximum atomic E-state index is 12.3. The highest BCUT2D eigenvalue weighted by Gasteiger charge is 2.48. The zero-order valence-corrected chi connectivity index (χ0v) is 12.1. The molecule has 0 radical (unpaired) electrons. The summed E-state index contributed by atoms with van der Waals surface area (Å²) in [5.74, 6) is 0.0957. The van der Waals surface area contributed by atoms with E-state index in [1.54, 1.807) is 11.8 Å². The second-order valence-corrected chi connectivity index (χ2v) is 6.83. The summed E-state index contributed by atoms with van der Waals surface area (Å²) in [6.07, 6.45) is 3.08. The molecule has 0 saturated heterocycles. The molecule has 1 aliphatic heterocycles. The number of carboxylic acid groups (broad SMARTS) is 1. The molecule has 2 atom stereocenters. The first-order valence-corrected chi connectivity index (χ1v) is 8.10. The number of fused-ring (bicyclic) bond motifs is 1. The van der Waals surface area contributed by atoms with E-state index in [0.29, 0.717) is 19.3 Å². The van der Waals surface area contributed by atoms with Gasteiger partial charge < -0.3 is 5.11 Å². The summed E-state index contributed by atoms with van der Waals surface area (Å²) >= 11 is 1.77. The van der Waals surface area contributed by atoms with Crippen LogP contribution < -0.4 is 0 Å². The van der Waals surface area contributed by atoms with E-state index in [2.05, 4.69) is 12.1 Å². The lowest BCUT2D eigenvalue weighted by atomic mass is 9.67. The second kappa shape index (κ2) is 5.24. The summed E-state index contributed by atoms with van der Waals surface area (Å²) in [7, 11) is 0. The molecule has 1 fully saturated rings. The molecule has 0 spiro atoms. The smallest absolute Gasteiger partial charge is 0.317 e. The third kappa shape index (κ3) is 2.16. The molecule has 0 amide bonds. The second-order valence-electron chi connectivity index (χ2n) is 5.77. The number of thioether (sulfide) groups is 1. The molecule has 0 bridgehead atoms. The van der Waals surface area contributed by atoms with Crippen LogP contribution in [0.15, 0.2) is 29.2 Å². The van der Waals surface area contributed by atoms with Crippen LogP contribution >= 0.6 is 11.8 Å². The first-order chi connectivity index (χ1) is 9.63. The summed E-state index contributed by atoms with van der Waals surface area (Å²) in [6.45, 7) is 0. The number of hydrogen-bond acceptors (Lipinski definition) is 3. The average molecular weight is 290 g/mol. The van der Waals surface area contributed by atoms with Crippen LogP contribution in [0, 0.1) is 5.41 Å². The Morgan fingerprint density at radius 2 is 2.15 bits per heavy atom. The van der Waals surface area contributed by atoms with Crippen molar-refractivity contribution in [2.24, 2.45) is 5.41 Å². The highest BCUT2D eigenvalue weighted by atomic mass is 32.2. The van der Waals surface area contributed by atoms with E-state index < -0.39 is 11.4 Å². The van der Waals surface area contributed by atoms with Gasteiger partial charge in [-0.1, -0.05) is 24.6 Å². The quantitative estimate of drug-likeness (QED) is 0.866. The van der Waals surface area contributed by atoms with Crippen molar-refractivity contribution in [1.82, 2.24) is 0 Å². The predicted molar refractivity (Wildman–Crippen MR) is 78.1 cm³/mol. The lowest BCUT2D eigenvalue weighted by molar-refractivity contribution is -0.158. The monoisotopic (exact) mass is 290 g/mol. The zero-order chi connectivity index (χ0) is 14.2. The van der Waals surface area contributed by atoms with Crippen molar-refractivity contribution in [3.05, 3.63) is 29.8 Å². The summed E-state index contributed by atoms with van der Waals surface area (Å²) in [4.78, 5) is 25.3. The molecule has 1 aliphatic carbocycles. The Morgan fingerprint density at radius 3 is 2.90 bits per heavy atom. The Hall–Kier alpha value is -1.29.